The first-order chi connectivity index (χ1) is 1.73. The average molecular weight is 132 g/mol. The standard InChI is InChI=1S/Cr.NO3.H2O/c;2-1(3)4;/h;;1H2/q+2;-1;. The zero-order valence-corrected chi connectivity index (χ0v) is 3.86. The molecule has 0 unspecified atom stereocenters. The molecular weight excluding hydrogens is 130 g/mol. The smallest absolute Gasteiger partial charge is 0.412 e. The van der Waals surface area contributed by atoms with E-state index in [1.54, 1.807) is 0 Å². The molecule has 36 valence electrons. The van der Waals surface area contributed by atoms with Gasteiger partial charge in [-0.2, -0.15) is 0 Å². The summed E-state index contributed by atoms with van der Waals surface area (Å²) in [6.07, 6.45) is 0. The SMILES string of the molecule is O.O=[N+]([O-])[O-].[Cr+2]. The summed E-state index contributed by atoms with van der Waals surface area (Å²) >= 11 is 0. The molecule has 0 aliphatic heterocycles. The van der Waals surface area contributed by atoms with E-state index >= 15 is 0 Å². The summed E-state index contributed by atoms with van der Waals surface area (Å²) in [6.45, 7) is 0. The molecule has 0 fully saturated rings. The fourth-order valence-electron chi connectivity index (χ4n) is 0. The molecule has 0 aromatic heterocycles. The Kier molecular flexibility index (Phi) is 25.4. The first-order valence-corrected chi connectivity index (χ1v) is 0.548. The van der Waals surface area contributed by atoms with Gasteiger partial charge in [0.1, 0.15) is 0 Å². The van der Waals surface area contributed by atoms with Gasteiger partial charge in [0, 0.05) is 0 Å². The minimum Gasteiger partial charge on any atom is -0.412 e. The normalized spacial score (nSPS) is 4.00. The van der Waals surface area contributed by atoms with Crippen LogP contribution in [0.1, 0.15) is 0 Å². The van der Waals surface area contributed by atoms with Gasteiger partial charge in [-0.1, -0.05) is 0 Å². The Morgan fingerprint density at radius 3 is 1.33 bits per heavy atom. The third-order valence-electron chi connectivity index (χ3n) is 0. The molecule has 0 heterocycles. The number of hydrogen-bond donors (Lipinski definition) is 0. The topological polar surface area (TPSA) is 97.7 Å². The zero-order chi connectivity index (χ0) is 3.58. The molecule has 0 amide bonds. The van der Waals surface area contributed by atoms with Crippen LogP contribution in [0.3, 0.4) is 0 Å². The Morgan fingerprint density at radius 1 is 1.33 bits per heavy atom. The molecule has 0 saturated carbocycles. The van der Waals surface area contributed by atoms with E-state index in [1.165, 1.54) is 0 Å². The van der Waals surface area contributed by atoms with Gasteiger partial charge in [-0.3, -0.25) is 0 Å². The van der Waals surface area contributed by atoms with Crippen LogP contribution in [0.25, 0.3) is 0 Å². The predicted octanol–water partition coefficient (Wildman–Crippen LogP) is -1.07. The maximum atomic E-state index is 8.25. The van der Waals surface area contributed by atoms with E-state index in [1.807, 2.05) is 0 Å². The van der Waals surface area contributed by atoms with Crippen molar-refractivity contribution in [1.29, 1.82) is 0 Å². The Hall–Kier alpha value is -0.308. The van der Waals surface area contributed by atoms with E-state index in [0.717, 1.165) is 0 Å². The van der Waals surface area contributed by atoms with Crippen LogP contribution < -0.4 is 0 Å². The van der Waals surface area contributed by atoms with E-state index in [4.69, 9.17) is 15.3 Å². The molecule has 0 saturated heterocycles. The molecule has 0 rings (SSSR count). The van der Waals surface area contributed by atoms with Gasteiger partial charge < -0.3 is 20.8 Å². The predicted molar refractivity (Wildman–Crippen MR) is 14.0 cm³/mol. The fourth-order valence-corrected chi connectivity index (χ4v) is 0. The first kappa shape index (κ1) is 17.3. The molecule has 0 aliphatic rings. The Bertz CT molecular complexity index is 30.5. The van der Waals surface area contributed by atoms with Crippen molar-refractivity contribution in [2.45, 2.75) is 0 Å². The number of hydrogen-bond acceptors (Lipinski definition) is 3. The molecular formula is H2CrNO4+. The van der Waals surface area contributed by atoms with Crippen LogP contribution in [0.4, 0.5) is 0 Å². The van der Waals surface area contributed by atoms with E-state index in [2.05, 4.69) is 0 Å². The molecule has 0 aromatic rings. The Morgan fingerprint density at radius 2 is 1.33 bits per heavy atom. The van der Waals surface area contributed by atoms with Gasteiger partial charge in [0.15, 0.2) is 0 Å². The van der Waals surface area contributed by atoms with Gasteiger partial charge in [-0.15, -0.1) is 0 Å². The van der Waals surface area contributed by atoms with Gasteiger partial charge in [0.05, 0.1) is 5.09 Å². The van der Waals surface area contributed by atoms with Crippen molar-refractivity contribution >= 4 is 0 Å². The van der Waals surface area contributed by atoms with Crippen LogP contribution in [0.2, 0.25) is 0 Å². The van der Waals surface area contributed by atoms with E-state index < -0.39 is 5.09 Å². The number of nitrogens with zero attached hydrogens (tertiary/aromatic N) is 1. The van der Waals surface area contributed by atoms with Crippen LogP contribution in [-0.2, 0) is 17.4 Å². The quantitative estimate of drug-likeness (QED) is 0.310. The van der Waals surface area contributed by atoms with Crippen molar-refractivity contribution in [1.82, 2.24) is 0 Å². The van der Waals surface area contributed by atoms with Crippen LogP contribution in [0, 0.1) is 15.3 Å². The second-order valence-electron chi connectivity index (χ2n) is 0.224. The molecule has 0 aliphatic carbocycles. The summed E-state index contributed by atoms with van der Waals surface area (Å²) in [5.41, 5.74) is 0. The maximum absolute atomic E-state index is 8.25. The monoisotopic (exact) mass is 132 g/mol. The number of rotatable bonds is 0. The van der Waals surface area contributed by atoms with Gasteiger partial charge in [-0.25, -0.2) is 0 Å². The van der Waals surface area contributed by atoms with Crippen LogP contribution >= 0.6 is 0 Å². The van der Waals surface area contributed by atoms with Crippen molar-refractivity contribution in [2.75, 3.05) is 0 Å². The summed E-state index contributed by atoms with van der Waals surface area (Å²) in [5, 5.41) is 14.8. The second kappa shape index (κ2) is 8.83. The third kappa shape index (κ3) is 283. The van der Waals surface area contributed by atoms with Crippen molar-refractivity contribution in [2.24, 2.45) is 0 Å². The summed E-state index contributed by atoms with van der Waals surface area (Å²) in [5.74, 6) is 0. The van der Waals surface area contributed by atoms with Gasteiger partial charge in [0.2, 0.25) is 0 Å². The summed E-state index contributed by atoms with van der Waals surface area (Å²) < 4.78 is 0. The van der Waals surface area contributed by atoms with Crippen molar-refractivity contribution in [3.05, 3.63) is 15.3 Å². The first-order valence-electron chi connectivity index (χ1n) is 0.548. The molecule has 0 aromatic carbocycles. The molecule has 2 N–H and O–H groups in total. The molecule has 6 heteroatoms. The minimum atomic E-state index is -1.75. The van der Waals surface area contributed by atoms with E-state index in [-0.39, 0.29) is 22.8 Å². The van der Waals surface area contributed by atoms with Gasteiger partial charge >= 0.3 is 17.4 Å². The molecule has 0 atom stereocenters. The van der Waals surface area contributed by atoms with Gasteiger partial charge in [0.25, 0.3) is 0 Å². The molecule has 0 radical (unpaired) electrons. The third-order valence-corrected chi connectivity index (χ3v) is 0. The summed E-state index contributed by atoms with van der Waals surface area (Å²) in [4.78, 5) is 8.25. The molecule has 0 bridgehead atoms. The van der Waals surface area contributed by atoms with E-state index in [0.29, 0.717) is 0 Å². The average Bonchev–Trinajstić information content (AvgIpc) is 0.811. The maximum Gasteiger partial charge on any atom is 2.00 e. The van der Waals surface area contributed by atoms with Crippen LogP contribution in [-0.4, -0.2) is 10.6 Å². The van der Waals surface area contributed by atoms with Crippen molar-refractivity contribution < 1.29 is 27.9 Å². The minimum absolute atomic E-state index is 0. The van der Waals surface area contributed by atoms with Crippen molar-refractivity contribution in [3.63, 3.8) is 0 Å². The largest absolute Gasteiger partial charge is 2.00 e. The Labute approximate surface area is 44.1 Å². The van der Waals surface area contributed by atoms with Crippen LogP contribution in [0.5, 0.6) is 0 Å². The second-order valence-corrected chi connectivity index (χ2v) is 0.224. The van der Waals surface area contributed by atoms with Crippen molar-refractivity contribution in [3.8, 4) is 0 Å². The summed E-state index contributed by atoms with van der Waals surface area (Å²) in [7, 11) is 0. The van der Waals surface area contributed by atoms with Crippen LogP contribution in [0.15, 0.2) is 0 Å². The van der Waals surface area contributed by atoms with Gasteiger partial charge in [-0.05, 0) is 0 Å². The molecule has 6 heavy (non-hydrogen) atoms. The molecule has 5 nitrogen and oxygen atoms in total. The summed E-state index contributed by atoms with van der Waals surface area (Å²) in [6, 6.07) is 0. The molecule has 0 spiro atoms. The Balaban J connectivity index is -0.0000000450. The van der Waals surface area contributed by atoms with E-state index in [9.17, 15) is 0 Å². The fraction of sp³-hybridized carbons (Fsp3) is 0. The zero-order valence-electron chi connectivity index (χ0n) is 2.58.